The fourth-order valence-corrected chi connectivity index (χ4v) is 5.86. The maximum Gasteiger partial charge on any atom is 0.190 e. The maximum absolute atomic E-state index is 6.12. The van der Waals surface area contributed by atoms with Crippen molar-refractivity contribution in [1.29, 1.82) is 0 Å². The van der Waals surface area contributed by atoms with E-state index in [9.17, 15) is 0 Å². The summed E-state index contributed by atoms with van der Waals surface area (Å²) >= 11 is 3.24. The third-order valence-corrected chi connectivity index (χ3v) is 7.54. The van der Waals surface area contributed by atoms with Crippen LogP contribution in [0.25, 0.3) is 10.6 Å². The van der Waals surface area contributed by atoms with Gasteiger partial charge in [0, 0.05) is 41.8 Å². The van der Waals surface area contributed by atoms with Crippen LogP contribution in [0.3, 0.4) is 0 Å². The van der Waals surface area contributed by atoms with Gasteiger partial charge in [0.2, 0.25) is 0 Å². The first-order valence-electron chi connectivity index (χ1n) is 11.3. The highest BCUT2D eigenvalue weighted by atomic mass is 32.2. The number of anilines is 1. The van der Waals surface area contributed by atoms with Gasteiger partial charge in [0.1, 0.15) is 17.4 Å². The molecule has 0 bridgehead atoms. The van der Waals surface area contributed by atoms with Crippen molar-refractivity contribution < 1.29 is 14.2 Å². The number of aryl methyl sites for hydroxylation is 2. The number of ether oxygens (including phenoxy) is 3. The van der Waals surface area contributed by atoms with Gasteiger partial charge in [0.15, 0.2) is 16.7 Å². The number of aromatic nitrogens is 3. The van der Waals surface area contributed by atoms with Crippen LogP contribution in [0, 0.1) is 13.8 Å². The predicted molar refractivity (Wildman–Crippen MR) is 137 cm³/mol. The van der Waals surface area contributed by atoms with Crippen LogP contribution >= 0.6 is 23.1 Å². The highest BCUT2D eigenvalue weighted by Crippen LogP contribution is 2.40. The monoisotopic (exact) mass is 501 g/mol. The van der Waals surface area contributed by atoms with E-state index in [4.69, 9.17) is 24.9 Å². The van der Waals surface area contributed by atoms with Crippen molar-refractivity contribution in [3.8, 4) is 22.1 Å². The number of thiazole rings is 1. The Balaban J connectivity index is 1.48. The lowest BCUT2D eigenvalue weighted by Gasteiger charge is -2.26. The minimum atomic E-state index is 0.0914. The van der Waals surface area contributed by atoms with Gasteiger partial charge in [-0.05, 0) is 39.0 Å². The number of methoxy groups -OCH3 is 1. The molecule has 0 amide bonds. The largest absolute Gasteiger partial charge is 0.493 e. The highest BCUT2D eigenvalue weighted by molar-refractivity contribution is 7.99. The summed E-state index contributed by atoms with van der Waals surface area (Å²) in [6.45, 7) is 11.0. The lowest BCUT2D eigenvalue weighted by Crippen LogP contribution is -2.38. The Labute approximate surface area is 208 Å². The Morgan fingerprint density at radius 1 is 1.15 bits per heavy atom. The molecule has 3 heterocycles. The average molecular weight is 502 g/mol. The van der Waals surface area contributed by atoms with Gasteiger partial charge in [-0.3, -0.25) is 4.90 Å². The van der Waals surface area contributed by atoms with Crippen molar-refractivity contribution in [3.05, 3.63) is 40.5 Å². The van der Waals surface area contributed by atoms with E-state index < -0.39 is 0 Å². The first-order valence-corrected chi connectivity index (χ1v) is 13.0. The summed E-state index contributed by atoms with van der Waals surface area (Å²) in [5, 5.41) is 1.71. The lowest BCUT2D eigenvalue weighted by atomic mass is 10.2. The Kier molecular flexibility index (Phi) is 8.25. The topological polar surface area (TPSA) is 95.6 Å². The van der Waals surface area contributed by atoms with Gasteiger partial charge >= 0.3 is 0 Å². The molecule has 10 heteroatoms. The fraction of sp³-hybridized carbons (Fsp3) is 0.458. The van der Waals surface area contributed by atoms with Crippen LogP contribution in [-0.2, 0) is 4.74 Å². The van der Waals surface area contributed by atoms with E-state index in [-0.39, 0.29) is 5.25 Å². The molecular formula is C24H31N5O3S2. The van der Waals surface area contributed by atoms with Gasteiger partial charge in [-0.1, -0.05) is 11.8 Å². The van der Waals surface area contributed by atoms with Gasteiger partial charge in [0.05, 0.1) is 31.3 Å². The number of morpholine rings is 1. The molecule has 1 atom stereocenters. The van der Waals surface area contributed by atoms with Gasteiger partial charge in [-0.2, -0.15) is 0 Å². The molecule has 34 heavy (non-hydrogen) atoms. The molecule has 0 unspecified atom stereocenters. The van der Waals surface area contributed by atoms with Crippen LogP contribution in [0.4, 0.5) is 5.82 Å². The number of rotatable bonds is 9. The first kappa shape index (κ1) is 24.7. The Morgan fingerprint density at radius 3 is 2.68 bits per heavy atom. The SMILES string of the molecule is COc1ccc(-c2nc([C@H](C)Sc3nc(C)cc(N)n3)c(C)s2)cc1OCCN1CCOCC1. The molecule has 0 radical (unpaired) electrons. The van der Waals surface area contributed by atoms with Crippen LogP contribution in [0.5, 0.6) is 11.5 Å². The molecule has 0 saturated carbocycles. The molecule has 0 spiro atoms. The Hall–Kier alpha value is -2.40. The predicted octanol–water partition coefficient (Wildman–Crippen LogP) is 4.37. The molecule has 1 saturated heterocycles. The summed E-state index contributed by atoms with van der Waals surface area (Å²) in [4.78, 5) is 17.3. The smallest absolute Gasteiger partial charge is 0.190 e. The highest BCUT2D eigenvalue weighted by Gasteiger charge is 2.19. The molecule has 4 rings (SSSR count). The van der Waals surface area contributed by atoms with Gasteiger partial charge in [-0.25, -0.2) is 15.0 Å². The second kappa shape index (κ2) is 11.4. The first-order chi connectivity index (χ1) is 16.4. The zero-order valence-electron chi connectivity index (χ0n) is 20.0. The minimum Gasteiger partial charge on any atom is -0.493 e. The van der Waals surface area contributed by atoms with E-state index in [1.165, 1.54) is 4.88 Å². The number of thioether (sulfide) groups is 1. The van der Waals surface area contributed by atoms with E-state index in [0.717, 1.165) is 66.3 Å². The molecule has 1 fully saturated rings. The van der Waals surface area contributed by atoms with Gasteiger partial charge < -0.3 is 19.9 Å². The molecule has 182 valence electrons. The Morgan fingerprint density at radius 2 is 1.94 bits per heavy atom. The van der Waals surface area contributed by atoms with Gasteiger partial charge in [0.25, 0.3) is 0 Å². The molecule has 8 nitrogen and oxygen atoms in total. The molecule has 0 aliphatic carbocycles. The molecule has 1 aromatic carbocycles. The molecule has 2 N–H and O–H groups in total. The average Bonchev–Trinajstić information content (AvgIpc) is 3.21. The second-order valence-corrected chi connectivity index (χ2v) is 10.6. The van der Waals surface area contributed by atoms with Crippen molar-refractivity contribution in [2.24, 2.45) is 0 Å². The normalized spacial score (nSPS) is 15.3. The molecular weight excluding hydrogens is 470 g/mol. The summed E-state index contributed by atoms with van der Waals surface area (Å²) in [6, 6.07) is 7.75. The van der Waals surface area contributed by atoms with Crippen LogP contribution in [-0.4, -0.2) is 66.4 Å². The van der Waals surface area contributed by atoms with E-state index >= 15 is 0 Å². The Bertz CT molecular complexity index is 1100. The lowest BCUT2D eigenvalue weighted by molar-refractivity contribution is 0.0321. The maximum atomic E-state index is 6.12. The summed E-state index contributed by atoms with van der Waals surface area (Å²) in [5.74, 6) is 1.93. The van der Waals surface area contributed by atoms with E-state index in [1.54, 1.807) is 36.3 Å². The standard InChI is InChI=1S/C24H31N5O3S2/c1-15-13-21(25)27-24(26-15)34-17(3)22-16(2)33-23(28-22)18-5-6-19(30-4)20(14-18)32-12-9-29-7-10-31-11-8-29/h5-6,13-14,17H,7-12H2,1-4H3,(H2,25,26,27)/t17-/m0/s1. The number of nitrogens with zero attached hydrogens (tertiary/aromatic N) is 4. The van der Waals surface area contributed by atoms with Crippen LogP contribution in [0.15, 0.2) is 29.4 Å². The molecule has 3 aromatic rings. The van der Waals surface area contributed by atoms with E-state index in [2.05, 4.69) is 28.7 Å². The van der Waals surface area contributed by atoms with Crippen molar-refractivity contribution in [2.45, 2.75) is 31.2 Å². The minimum absolute atomic E-state index is 0.0914. The number of hydrogen-bond acceptors (Lipinski definition) is 10. The third kappa shape index (κ3) is 6.18. The molecule has 2 aromatic heterocycles. The van der Waals surface area contributed by atoms with E-state index in [0.29, 0.717) is 17.6 Å². The summed E-state index contributed by atoms with van der Waals surface area (Å²) in [6.07, 6.45) is 0. The second-order valence-electron chi connectivity index (χ2n) is 8.11. The van der Waals surface area contributed by atoms with Crippen LogP contribution in [0.2, 0.25) is 0 Å². The number of hydrogen-bond donors (Lipinski definition) is 1. The number of nitrogens with two attached hydrogens (primary N) is 1. The van der Waals surface area contributed by atoms with Crippen molar-refractivity contribution in [1.82, 2.24) is 19.9 Å². The number of benzene rings is 1. The van der Waals surface area contributed by atoms with Crippen molar-refractivity contribution in [2.75, 3.05) is 52.3 Å². The summed E-state index contributed by atoms with van der Waals surface area (Å²) < 4.78 is 17.1. The summed E-state index contributed by atoms with van der Waals surface area (Å²) in [5.41, 5.74) is 8.79. The zero-order chi connectivity index (χ0) is 24.1. The van der Waals surface area contributed by atoms with Crippen molar-refractivity contribution in [3.63, 3.8) is 0 Å². The molecule has 1 aliphatic heterocycles. The number of nitrogen functional groups attached to an aromatic ring is 1. The fourth-order valence-electron chi connectivity index (χ4n) is 3.77. The quantitative estimate of drug-likeness (QED) is 0.339. The van der Waals surface area contributed by atoms with Crippen LogP contribution < -0.4 is 15.2 Å². The van der Waals surface area contributed by atoms with Crippen molar-refractivity contribution >= 4 is 28.9 Å². The third-order valence-electron chi connectivity index (χ3n) is 5.53. The zero-order valence-corrected chi connectivity index (χ0v) is 21.7. The van der Waals surface area contributed by atoms with Crippen LogP contribution in [0.1, 0.15) is 28.4 Å². The summed E-state index contributed by atoms with van der Waals surface area (Å²) in [7, 11) is 1.66. The molecule has 1 aliphatic rings. The van der Waals surface area contributed by atoms with Gasteiger partial charge in [-0.15, -0.1) is 11.3 Å². The van der Waals surface area contributed by atoms with E-state index in [1.807, 2.05) is 25.1 Å².